The largest absolute Gasteiger partial charge is 0.389 e. The van der Waals surface area contributed by atoms with Crippen LogP contribution in [-0.4, -0.2) is 31.0 Å². The lowest BCUT2D eigenvalue weighted by atomic mass is 10.2. The van der Waals surface area contributed by atoms with Crippen LogP contribution in [0.5, 0.6) is 0 Å². The van der Waals surface area contributed by atoms with Crippen molar-refractivity contribution < 1.29 is 8.42 Å². The summed E-state index contributed by atoms with van der Waals surface area (Å²) in [5.41, 5.74) is 6.05. The zero-order valence-corrected chi connectivity index (χ0v) is 13.6. The summed E-state index contributed by atoms with van der Waals surface area (Å²) in [7, 11) is -3.54. The maximum absolute atomic E-state index is 12.2. The zero-order valence-electron chi connectivity index (χ0n) is 11.1. The van der Waals surface area contributed by atoms with Crippen LogP contribution in [0.1, 0.15) is 19.4 Å². The molecular weight excluding hydrogens is 300 g/mol. The van der Waals surface area contributed by atoms with E-state index in [9.17, 15) is 8.42 Å². The van der Waals surface area contributed by atoms with E-state index in [0.29, 0.717) is 12.1 Å². The molecule has 4 nitrogen and oxygen atoms in total. The molecule has 0 unspecified atom stereocenters. The monoisotopic (exact) mass is 318 g/mol. The van der Waals surface area contributed by atoms with Gasteiger partial charge in [0.25, 0.3) is 0 Å². The molecule has 0 heterocycles. The lowest BCUT2D eigenvalue weighted by Gasteiger charge is -2.22. The van der Waals surface area contributed by atoms with Crippen LogP contribution in [0.25, 0.3) is 0 Å². The van der Waals surface area contributed by atoms with Gasteiger partial charge in [-0.3, -0.25) is 0 Å². The molecule has 0 spiro atoms. The Balaban J connectivity index is 2.95. The summed E-state index contributed by atoms with van der Waals surface area (Å²) in [5.74, 6) is 0. The van der Waals surface area contributed by atoms with Gasteiger partial charge in [-0.2, -0.15) is 11.8 Å². The molecule has 0 bridgehead atoms. The molecule has 0 radical (unpaired) electrons. The van der Waals surface area contributed by atoms with E-state index < -0.39 is 10.0 Å². The van der Waals surface area contributed by atoms with Crippen LogP contribution in [0.15, 0.2) is 29.2 Å². The number of hydrogen-bond donors (Lipinski definition) is 2. The molecule has 1 aromatic carbocycles. The number of rotatable bonds is 6. The third kappa shape index (κ3) is 4.76. The van der Waals surface area contributed by atoms with E-state index in [2.05, 4.69) is 4.72 Å². The van der Waals surface area contributed by atoms with E-state index >= 15 is 0 Å². The van der Waals surface area contributed by atoms with Gasteiger partial charge in [0.15, 0.2) is 0 Å². The molecule has 1 rings (SSSR count). The fourth-order valence-corrected chi connectivity index (χ4v) is 2.93. The van der Waals surface area contributed by atoms with Gasteiger partial charge in [0.2, 0.25) is 10.0 Å². The van der Waals surface area contributed by atoms with Gasteiger partial charge in [0.05, 0.1) is 4.90 Å². The van der Waals surface area contributed by atoms with E-state index in [0.717, 1.165) is 0 Å². The summed E-state index contributed by atoms with van der Waals surface area (Å²) in [6.45, 7) is 4.31. The quantitative estimate of drug-likeness (QED) is 0.782. The molecule has 0 saturated carbocycles. The highest BCUT2D eigenvalue weighted by Crippen LogP contribution is 2.21. The number of benzene rings is 1. The van der Waals surface area contributed by atoms with Crippen LogP contribution in [0.3, 0.4) is 0 Å². The summed E-state index contributed by atoms with van der Waals surface area (Å²) in [5, 5.41) is 0. The molecule has 7 heteroatoms. The Labute approximate surface area is 124 Å². The van der Waals surface area contributed by atoms with E-state index in [4.69, 9.17) is 18.0 Å². The normalized spacial score (nSPS) is 12.4. The first-order chi connectivity index (χ1) is 8.68. The lowest BCUT2D eigenvalue weighted by Crippen LogP contribution is -2.36. The fourth-order valence-electron chi connectivity index (χ4n) is 1.24. The first kappa shape index (κ1) is 16.4. The Morgan fingerprint density at radius 2 is 2.11 bits per heavy atom. The van der Waals surface area contributed by atoms with E-state index in [1.807, 2.05) is 20.1 Å². The second-order valence-electron chi connectivity index (χ2n) is 4.68. The molecule has 0 aliphatic rings. The average Bonchev–Trinajstić information content (AvgIpc) is 2.37. The van der Waals surface area contributed by atoms with E-state index in [1.54, 1.807) is 23.9 Å². The van der Waals surface area contributed by atoms with Gasteiger partial charge in [-0.15, -0.1) is 0 Å². The second kappa shape index (κ2) is 6.21. The highest BCUT2D eigenvalue weighted by Gasteiger charge is 2.21. The van der Waals surface area contributed by atoms with Gasteiger partial charge < -0.3 is 5.73 Å². The van der Waals surface area contributed by atoms with Gasteiger partial charge in [-0.25, -0.2) is 13.1 Å². The van der Waals surface area contributed by atoms with Crippen molar-refractivity contribution in [1.29, 1.82) is 0 Å². The molecule has 19 heavy (non-hydrogen) atoms. The third-order valence-corrected chi connectivity index (χ3v) is 5.55. The third-order valence-electron chi connectivity index (χ3n) is 2.67. The SMILES string of the molecule is CSC(C)(C)CNS(=O)(=O)c1cccc(C(N)=S)c1. The minimum Gasteiger partial charge on any atom is -0.389 e. The van der Waals surface area contributed by atoms with Crippen molar-refractivity contribution in [1.82, 2.24) is 4.72 Å². The minimum absolute atomic E-state index is 0.159. The van der Waals surface area contributed by atoms with Gasteiger partial charge in [-0.05, 0) is 32.2 Å². The van der Waals surface area contributed by atoms with Crippen LogP contribution in [0.4, 0.5) is 0 Å². The maximum Gasteiger partial charge on any atom is 0.240 e. The molecule has 0 fully saturated rings. The van der Waals surface area contributed by atoms with Crippen LogP contribution in [0.2, 0.25) is 0 Å². The van der Waals surface area contributed by atoms with Crippen molar-refractivity contribution in [2.24, 2.45) is 5.73 Å². The summed E-state index contributed by atoms with van der Waals surface area (Å²) >= 11 is 6.45. The molecule has 0 aromatic heterocycles. The summed E-state index contributed by atoms with van der Waals surface area (Å²) < 4.78 is 26.8. The number of nitrogens with two attached hydrogens (primary N) is 1. The molecule has 1 aromatic rings. The first-order valence-corrected chi connectivity index (χ1v) is 8.74. The van der Waals surface area contributed by atoms with Gasteiger partial charge >= 0.3 is 0 Å². The van der Waals surface area contributed by atoms with Crippen molar-refractivity contribution in [2.45, 2.75) is 23.5 Å². The number of hydrogen-bond acceptors (Lipinski definition) is 4. The Hall–Kier alpha value is -0.630. The number of thioether (sulfide) groups is 1. The van der Waals surface area contributed by atoms with Crippen LogP contribution >= 0.6 is 24.0 Å². The Bertz CT molecular complexity index is 568. The summed E-state index contributed by atoms with van der Waals surface area (Å²) in [4.78, 5) is 0.358. The number of sulfonamides is 1. The number of thiocarbonyl (C=S) groups is 1. The van der Waals surface area contributed by atoms with E-state index in [-0.39, 0.29) is 14.6 Å². The smallest absolute Gasteiger partial charge is 0.240 e. The Morgan fingerprint density at radius 3 is 2.63 bits per heavy atom. The molecule has 0 aliphatic heterocycles. The van der Waals surface area contributed by atoms with Gasteiger partial charge in [-0.1, -0.05) is 24.4 Å². The molecule has 0 amide bonds. The van der Waals surface area contributed by atoms with Gasteiger partial charge in [0.1, 0.15) is 4.99 Å². The Kier molecular flexibility index (Phi) is 5.37. The highest BCUT2D eigenvalue weighted by atomic mass is 32.2. The summed E-state index contributed by atoms with van der Waals surface area (Å²) in [6.07, 6.45) is 1.95. The van der Waals surface area contributed by atoms with Gasteiger partial charge in [0, 0.05) is 16.9 Å². The zero-order chi connectivity index (χ0) is 14.7. The van der Waals surface area contributed by atoms with Crippen LogP contribution < -0.4 is 10.5 Å². The molecule has 3 N–H and O–H groups in total. The molecule has 106 valence electrons. The number of nitrogens with one attached hydrogen (secondary N) is 1. The van der Waals surface area contributed by atoms with Crippen molar-refractivity contribution >= 4 is 39.0 Å². The topological polar surface area (TPSA) is 72.2 Å². The molecule has 0 saturated heterocycles. The Morgan fingerprint density at radius 1 is 1.47 bits per heavy atom. The maximum atomic E-state index is 12.2. The highest BCUT2D eigenvalue weighted by molar-refractivity contribution is 8.00. The predicted octanol–water partition coefficient (Wildman–Crippen LogP) is 1.74. The second-order valence-corrected chi connectivity index (χ2v) is 8.40. The molecule has 0 aliphatic carbocycles. The first-order valence-electron chi connectivity index (χ1n) is 5.63. The summed E-state index contributed by atoms with van der Waals surface area (Å²) in [6, 6.07) is 6.32. The van der Waals surface area contributed by atoms with Crippen LogP contribution in [0, 0.1) is 0 Å². The van der Waals surface area contributed by atoms with Crippen molar-refractivity contribution in [3.63, 3.8) is 0 Å². The predicted molar refractivity (Wildman–Crippen MR) is 85.1 cm³/mol. The molecular formula is C12H18N2O2S3. The average molecular weight is 318 g/mol. The standard InChI is InChI=1S/C12H18N2O2S3/c1-12(2,18-3)8-14-19(15,16)10-6-4-5-9(7-10)11(13)17/h4-7,14H,8H2,1-3H3,(H2,13,17). The lowest BCUT2D eigenvalue weighted by molar-refractivity contribution is 0.571. The van der Waals surface area contributed by atoms with Crippen molar-refractivity contribution in [3.05, 3.63) is 29.8 Å². The fraction of sp³-hybridized carbons (Fsp3) is 0.417. The van der Waals surface area contributed by atoms with Crippen molar-refractivity contribution in [3.8, 4) is 0 Å². The van der Waals surface area contributed by atoms with Crippen LogP contribution in [-0.2, 0) is 10.0 Å². The van der Waals surface area contributed by atoms with E-state index in [1.165, 1.54) is 12.1 Å². The molecule has 0 atom stereocenters. The van der Waals surface area contributed by atoms with Crippen molar-refractivity contribution in [2.75, 3.05) is 12.8 Å². The minimum atomic E-state index is -3.54.